The molecule has 0 radical (unpaired) electrons. The largest absolute Gasteiger partial charge is 0.381 e. The highest BCUT2D eigenvalue weighted by atomic mass is 16.5. The molecule has 0 saturated heterocycles. The van der Waals surface area contributed by atoms with Crippen LogP contribution in [0.2, 0.25) is 0 Å². The van der Waals surface area contributed by atoms with Crippen molar-refractivity contribution in [3.05, 3.63) is 36.2 Å². The van der Waals surface area contributed by atoms with Gasteiger partial charge in [0, 0.05) is 24.9 Å². The third-order valence-corrected chi connectivity index (χ3v) is 11.8. The van der Waals surface area contributed by atoms with Crippen LogP contribution in [-0.2, 0) is 4.74 Å². The summed E-state index contributed by atoms with van der Waals surface area (Å²) in [5.74, 6) is 5.16. The molecule has 10 atom stereocenters. The van der Waals surface area contributed by atoms with Crippen molar-refractivity contribution in [3.63, 3.8) is 0 Å². The van der Waals surface area contributed by atoms with Gasteiger partial charge in [0.1, 0.15) is 0 Å². The molecule has 0 N–H and O–H groups in total. The van der Waals surface area contributed by atoms with E-state index in [4.69, 9.17) is 4.74 Å². The van der Waals surface area contributed by atoms with Crippen LogP contribution < -0.4 is 0 Å². The first-order valence-corrected chi connectivity index (χ1v) is 13.0. The van der Waals surface area contributed by atoms with E-state index in [1.165, 1.54) is 56.9 Å². The third-order valence-electron chi connectivity index (χ3n) is 11.8. The maximum Gasteiger partial charge on any atom is 0.0638 e. The number of allylic oxidation sites excluding steroid dienone is 1. The van der Waals surface area contributed by atoms with Gasteiger partial charge in [0.2, 0.25) is 0 Å². The topological polar surface area (TPSA) is 22.1 Å². The molecule has 2 heteroatoms. The number of methoxy groups -OCH3 is 1. The molecule has 1 aromatic heterocycles. The summed E-state index contributed by atoms with van der Waals surface area (Å²) in [7, 11) is 2.01. The molecule has 0 aromatic carbocycles. The number of nitrogens with zero attached hydrogens (tertiary/aromatic N) is 1. The van der Waals surface area contributed by atoms with E-state index < -0.39 is 0 Å². The van der Waals surface area contributed by atoms with Crippen molar-refractivity contribution in [1.82, 2.24) is 4.98 Å². The van der Waals surface area contributed by atoms with E-state index >= 15 is 0 Å². The highest BCUT2D eigenvalue weighted by Crippen LogP contribution is 2.82. The van der Waals surface area contributed by atoms with E-state index in [2.05, 4.69) is 44.0 Å². The quantitative estimate of drug-likeness (QED) is 0.523. The molecule has 1 heterocycles. The first-order chi connectivity index (χ1) is 14.9. The number of hydrogen-bond acceptors (Lipinski definition) is 2. The van der Waals surface area contributed by atoms with Crippen molar-refractivity contribution >= 4 is 6.08 Å². The molecular formula is C29H41NO. The van der Waals surface area contributed by atoms with Crippen molar-refractivity contribution in [2.45, 2.75) is 78.2 Å². The maximum absolute atomic E-state index is 6.29. The molecule has 5 fully saturated rings. The Morgan fingerprint density at radius 2 is 2.00 bits per heavy atom. The minimum Gasteiger partial charge on any atom is -0.381 e. The predicted octanol–water partition coefficient (Wildman–Crippen LogP) is 7.01. The zero-order valence-corrected chi connectivity index (χ0v) is 20.0. The summed E-state index contributed by atoms with van der Waals surface area (Å²) in [6.45, 7) is 7.83. The normalized spacial score (nSPS) is 51.1. The molecule has 1 aromatic rings. The number of hydrogen-bond donors (Lipinski definition) is 0. The maximum atomic E-state index is 6.29. The molecule has 5 aliphatic carbocycles. The van der Waals surface area contributed by atoms with Crippen LogP contribution in [0.25, 0.3) is 6.08 Å². The zero-order chi connectivity index (χ0) is 21.4. The Hall–Kier alpha value is -1.15. The van der Waals surface area contributed by atoms with Gasteiger partial charge in [-0.1, -0.05) is 39.0 Å². The monoisotopic (exact) mass is 419 g/mol. The molecule has 2 nitrogen and oxygen atoms in total. The lowest BCUT2D eigenvalue weighted by atomic mass is 9.45. The van der Waals surface area contributed by atoms with E-state index in [0.29, 0.717) is 28.3 Å². The summed E-state index contributed by atoms with van der Waals surface area (Å²) in [4.78, 5) is 4.28. The molecule has 0 bridgehead atoms. The first-order valence-electron chi connectivity index (χ1n) is 13.0. The molecule has 1 spiro atoms. The highest BCUT2D eigenvalue weighted by Gasteiger charge is 2.77. The lowest BCUT2D eigenvalue weighted by molar-refractivity contribution is -0.160. The van der Waals surface area contributed by atoms with Crippen molar-refractivity contribution in [1.29, 1.82) is 0 Å². The SMILES string of the molecule is CO[C@@H]1C[C@H]2[C@@H]3CC[C@H]([C@H](C)/C=C/c4cccnc4)[C@@]3(C)CC[C@@H]2[C@@]2(C)CC[C@@H]3CC312. The van der Waals surface area contributed by atoms with E-state index in [-0.39, 0.29) is 0 Å². The lowest BCUT2D eigenvalue weighted by Crippen LogP contribution is -2.57. The van der Waals surface area contributed by atoms with Crippen molar-refractivity contribution < 1.29 is 4.74 Å². The second-order valence-corrected chi connectivity index (χ2v) is 12.5. The Morgan fingerprint density at radius 1 is 1.13 bits per heavy atom. The molecule has 0 aliphatic heterocycles. The second kappa shape index (κ2) is 6.92. The minimum atomic E-state index is 0.501. The van der Waals surface area contributed by atoms with Crippen molar-refractivity contribution in [3.8, 4) is 0 Å². The Labute approximate surface area is 189 Å². The number of ether oxygens (including phenoxy) is 1. The fourth-order valence-corrected chi connectivity index (χ4v) is 10.4. The van der Waals surface area contributed by atoms with E-state index in [1.807, 2.05) is 25.6 Å². The van der Waals surface area contributed by atoms with E-state index in [9.17, 15) is 0 Å². The van der Waals surface area contributed by atoms with Gasteiger partial charge >= 0.3 is 0 Å². The zero-order valence-electron chi connectivity index (χ0n) is 20.0. The van der Waals surface area contributed by atoms with Crippen LogP contribution in [0.4, 0.5) is 0 Å². The van der Waals surface area contributed by atoms with Crippen LogP contribution in [0.15, 0.2) is 30.6 Å². The van der Waals surface area contributed by atoms with E-state index in [1.54, 1.807) is 0 Å². The molecule has 6 rings (SSSR count). The van der Waals surface area contributed by atoms with Gasteiger partial charge in [-0.25, -0.2) is 0 Å². The summed E-state index contributed by atoms with van der Waals surface area (Å²) in [6, 6.07) is 4.20. The smallest absolute Gasteiger partial charge is 0.0638 e. The number of aromatic nitrogens is 1. The Balaban J connectivity index is 1.26. The van der Waals surface area contributed by atoms with Gasteiger partial charge < -0.3 is 4.74 Å². The van der Waals surface area contributed by atoms with Crippen LogP contribution in [0.1, 0.15) is 77.7 Å². The standard InChI is InChI=1S/C29H41NO/c1-19(7-8-20-6-5-15-30-18-20)23-9-10-24-22-16-26(31-4)29-17-21(29)11-14-28(29,3)25(22)12-13-27(23,24)2/h5-8,15,18-19,21-26H,9-14,16-17H2,1-4H3/b8-7+/t19-,21-,22+,23-,24+,25+,26-,27-,28-,29?/m1/s1. The molecule has 168 valence electrons. The molecule has 0 amide bonds. The highest BCUT2D eigenvalue weighted by molar-refractivity contribution is 5.47. The van der Waals surface area contributed by atoms with Gasteiger partial charge in [0.25, 0.3) is 0 Å². The van der Waals surface area contributed by atoms with Crippen LogP contribution >= 0.6 is 0 Å². The van der Waals surface area contributed by atoms with Gasteiger partial charge in [-0.3, -0.25) is 4.98 Å². The number of pyridine rings is 1. The Kier molecular flexibility index (Phi) is 4.57. The van der Waals surface area contributed by atoms with Gasteiger partial charge in [0.05, 0.1) is 6.10 Å². The second-order valence-electron chi connectivity index (χ2n) is 12.5. The van der Waals surface area contributed by atoms with Crippen molar-refractivity contribution in [2.24, 2.45) is 51.8 Å². The Bertz CT molecular complexity index is 865. The van der Waals surface area contributed by atoms with Crippen LogP contribution in [0.5, 0.6) is 0 Å². The van der Waals surface area contributed by atoms with Gasteiger partial charge in [-0.2, -0.15) is 0 Å². The van der Waals surface area contributed by atoms with Gasteiger partial charge in [-0.05, 0) is 109 Å². The van der Waals surface area contributed by atoms with Crippen LogP contribution in [0, 0.1) is 51.8 Å². The number of rotatable bonds is 4. The first kappa shape index (κ1) is 20.5. The Morgan fingerprint density at radius 3 is 2.74 bits per heavy atom. The third kappa shape index (κ3) is 2.63. The molecule has 31 heavy (non-hydrogen) atoms. The average molecular weight is 420 g/mol. The van der Waals surface area contributed by atoms with Crippen molar-refractivity contribution in [2.75, 3.05) is 7.11 Å². The molecule has 5 aliphatic rings. The van der Waals surface area contributed by atoms with E-state index in [0.717, 1.165) is 29.6 Å². The molecule has 1 unspecified atom stereocenters. The van der Waals surface area contributed by atoms with Crippen LogP contribution in [0.3, 0.4) is 0 Å². The number of fused-ring (bicyclic) bond motifs is 4. The predicted molar refractivity (Wildman–Crippen MR) is 126 cm³/mol. The minimum absolute atomic E-state index is 0.501. The molecule has 5 saturated carbocycles. The van der Waals surface area contributed by atoms with Gasteiger partial charge in [0.15, 0.2) is 0 Å². The summed E-state index contributed by atoms with van der Waals surface area (Å²) in [6.07, 6.45) is 20.7. The average Bonchev–Trinajstić information content (AvgIpc) is 3.29. The fraction of sp³-hybridized carbons (Fsp3) is 0.759. The summed E-state index contributed by atoms with van der Waals surface area (Å²) in [5, 5.41) is 0. The fourth-order valence-electron chi connectivity index (χ4n) is 10.4. The molecular weight excluding hydrogens is 378 g/mol. The summed E-state index contributed by atoms with van der Waals surface area (Å²) < 4.78 is 6.29. The lowest BCUT2D eigenvalue weighted by Gasteiger charge is -2.61. The summed E-state index contributed by atoms with van der Waals surface area (Å²) >= 11 is 0. The van der Waals surface area contributed by atoms with Crippen LogP contribution in [-0.4, -0.2) is 18.2 Å². The summed E-state index contributed by atoms with van der Waals surface area (Å²) in [5.41, 5.74) is 2.83. The van der Waals surface area contributed by atoms with Gasteiger partial charge in [-0.15, -0.1) is 0 Å².